The van der Waals surface area contributed by atoms with Crippen LogP contribution >= 0.6 is 0 Å². The van der Waals surface area contributed by atoms with Crippen LogP contribution in [0.4, 0.5) is 0 Å². The molecule has 1 nitrogen and oxygen atoms in total. The van der Waals surface area contributed by atoms with Crippen LogP contribution in [-0.4, -0.2) is 4.98 Å². The summed E-state index contributed by atoms with van der Waals surface area (Å²) < 4.78 is 0. The zero-order chi connectivity index (χ0) is 13.1. The van der Waals surface area contributed by atoms with Crippen molar-refractivity contribution in [2.45, 2.75) is 48.0 Å². The Morgan fingerprint density at radius 1 is 1.31 bits per heavy atom. The maximum Gasteiger partial charge on any atom is 0.0453 e. The predicted octanol–water partition coefficient (Wildman–Crippen LogP) is 5.31. The number of aromatic nitrogens is 1. The molecule has 0 saturated carbocycles. The van der Waals surface area contributed by atoms with Crippen LogP contribution in [0.25, 0.3) is 11.6 Å². The number of rotatable bonds is 3. The van der Waals surface area contributed by atoms with E-state index >= 15 is 0 Å². The smallest absolute Gasteiger partial charge is 0.0453 e. The Morgan fingerprint density at radius 3 is 2.12 bits per heavy atom. The fraction of sp³-hybridized carbons (Fsp3) is 0.467. The minimum absolute atomic E-state index is 1.03. The molecule has 0 radical (unpaired) electrons. The number of hydrogen-bond donors (Lipinski definition) is 1. The van der Waals surface area contributed by atoms with Crippen LogP contribution in [0.1, 0.15) is 58.4 Å². The van der Waals surface area contributed by atoms with Gasteiger partial charge in [-0.05, 0) is 30.6 Å². The van der Waals surface area contributed by atoms with Crippen molar-refractivity contribution in [2.75, 3.05) is 0 Å². The van der Waals surface area contributed by atoms with Gasteiger partial charge in [-0.3, -0.25) is 0 Å². The summed E-state index contributed by atoms with van der Waals surface area (Å²) in [6.07, 6.45) is 4.90. The summed E-state index contributed by atoms with van der Waals surface area (Å²) in [7, 11) is 0. The molecule has 0 aromatic carbocycles. The standard InChI is InChI=1S/C11H15N.2C2H6/c1-5-9-7-12-10(6-2)11(9)8(3)4;2*1-2/h6-7,12H,2-3,5H2,1,4H3;2*1-2H3. The molecule has 0 atom stereocenters. The van der Waals surface area contributed by atoms with Crippen molar-refractivity contribution in [1.29, 1.82) is 0 Å². The fourth-order valence-corrected chi connectivity index (χ4v) is 1.43. The molecule has 0 aliphatic heterocycles. The number of allylic oxidation sites excluding steroid dienone is 1. The van der Waals surface area contributed by atoms with Gasteiger partial charge in [0.05, 0.1) is 0 Å². The van der Waals surface area contributed by atoms with Crippen LogP contribution in [-0.2, 0) is 6.42 Å². The second-order valence-electron chi connectivity index (χ2n) is 2.94. The molecule has 1 aromatic rings. The maximum atomic E-state index is 3.95. The largest absolute Gasteiger partial charge is 0.361 e. The first-order valence-corrected chi connectivity index (χ1v) is 6.19. The average molecular weight is 221 g/mol. The molecule has 16 heavy (non-hydrogen) atoms. The summed E-state index contributed by atoms with van der Waals surface area (Å²) in [6, 6.07) is 0. The second-order valence-corrected chi connectivity index (χ2v) is 2.94. The van der Waals surface area contributed by atoms with E-state index in [1.54, 1.807) is 0 Å². The van der Waals surface area contributed by atoms with Gasteiger partial charge in [0.25, 0.3) is 0 Å². The molecule has 1 heterocycles. The van der Waals surface area contributed by atoms with E-state index in [1.807, 2.05) is 46.9 Å². The van der Waals surface area contributed by atoms with Crippen molar-refractivity contribution in [3.05, 3.63) is 36.2 Å². The lowest BCUT2D eigenvalue weighted by Crippen LogP contribution is -1.85. The Hall–Kier alpha value is -1.24. The number of aryl methyl sites for hydroxylation is 1. The van der Waals surface area contributed by atoms with E-state index in [2.05, 4.69) is 25.1 Å². The van der Waals surface area contributed by atoms with Crippen molar-refractivity contribution < 1.29 is 0 Å². The summed E-state index contributed by atoms with van der Waals surface area (Å²) >= 11 is 0. The average Bonchev–Trinajstić information content (AvgIpc) is 2.77. The van der Waals surface area contributed by atoms with Gasteiger partial charge in [-0.15, -0.1) is 0 Å². The van der Waals surface area contributed by atoms with E-state index in [9.17, 15) is 0 Å². The second kappa shape index (κ2) is 10.3. The minimum atomic E-state index is 1.03. The highest BCUT2D eigenvalue weighted by molar-refractivity contribution is 5.72. The first-order chi connectivity index (χ1) is 7.70. The lowest BCUT2D eigenvalue weighted by molar-refractivity contribution is 1.14. The molecular formula is C15H27N. The molecule has 0 saturated heterocycles. The summed E-state index contributed by atoms with van der Waals surface area (Å²) in [6.45, 7) is 19.9. The summed E-state index contributed by atoms with van der Waals surface area (Å²) in [4.78, 5) is 3.18. The highest BCUT2D eigenvalue weighted by Gasteiger charge is 2.06. The zero-order valence-electron chi connectivity index (χ0n) is 11.8. The van der Waals surface area contributed by atoms with Gasteiger partial charge in [-0.25, -0.2) is 0 Å². The first-order valence-electron chi connectivity index (χ1n) is 6.19. The lowest BCUT2D eigenvalue weighted by Gasteiger charge is -2.01. The Bertz CT molecular complexity index is 305. The van der Waals surface area contributed by atoms with E-state index in [1.165, 1.54) is 11.1 Å². The molecule has 1 heteroatoms. The highest BCUT2D eigenvalue weighted by atomic mass is 14.7. The van der Waals surface area contributed by atoms with Crippen molar-refractivity contribution in [1.82, 2.24) is 4.98 Å². The Kier molecular flexibility index (Phi) is 11.0. The van der Waals surface area contributed by atoms with Crippen LogP contribution in [0.15, 0.2) is 19.4 Å². The number of nitrogens with one attached hydrogen (secondary N) is 1. The highest BCUT2D eigenvalue weighted by Crippen LogP contribution is 2.22. The lowest BCUT2D eigenvalue weighted by atomic mass is 10.0. The summed E-state index contributed by atoms with van der Waals surface area (Å²) in [5.41, 5.74) is 4.73. The first kappa shape index (κ1) is 17.2. The summed E-state index contributed by atoms with van der Waals surface area (Å²) in [5, 5.41) is 0. The van der Waals surface area contributed by atoms with Crippen molar-refractivity contribution in [3.8, 4) is 0 Å². The zero-order valence-corrected chi connectivity index (χ0v) is 11.8. The third kappa shape index (κ3) is 4.52. The van der Waals surface area contributed by atoms with Crippen LogP contribution in [0.5, 0.6) is 0 Å². The molecule has 92 valence electrons. The van der Waals surface area contributed by atoms with Gasteiger partial charge in [-0.2, -0.15) is 0 Å². The topological polar surface area (TPSA) is 15.8 Å². The van der Waals surface area contributed by atoms with Crippen LogP contribution in [0.2, 0.25) is 0 Å². The Morgan fingerprint density at radius 2 is 1.81 bits per heavy atom. The van der Waals surface area contributed by atoms with Gasteiger partial charge in [-0.1, -0.05) is 47.8 Å². The predicted molar refractivity (Wildman–Crippen MR) is 77.7 cm³/mol. The van der Waals surface area contributed by atoms with Crippen molar-refractivity contribution in [3.63, 3.8) is 0 Å². The number of aromatic amines is 1. The fourth-order valence-electron chi connectivity index (χ4n) is 1.43. The molecule has 0 amide bonds. The van der Waals surface area contributed by atoms with Gasteiger partial charge in [0.15, 0.2) is 0 Å². The van der Waals surface area contributed by atoms with Crippen molar-refractivity contribution >= 4 is 11.6 Å². The molecule has 1 N–H and O–H groups in total. The molecule has 0 aliphatic rings. The molecular weight excluding hydrogens is 194 g/mol. The van der Waals surface area contributed by atoms with Crippen LogP contribution in [0, 0.1) is 0 Å². The Labute approximate surface area is 101 Å². The number of hydrogen-bond acceptors (Lipinski definition) is 0. The quantitative estimate of drug-likeness (QED) is 0.712. The van der Waals surface area contributed by atoms with E-state index in [-0.39, 0.29) is 0 Å². The monoisotopic (exact) mass is 221 g/mol. The van der Waals surface area contributed by atoms with E-state index in [0.717, 1.165) is 17.7 Å². The minimum Gasteiger partial charge on any atom is -0.361 e. The SMILES string of the molecule is C=Cc1[nH]cc(CC)c1C(=C)C.CC.CC. The van der Waals surface area contributed by atoms with Gasteiger partial charge >= 0.3 is 0 Å². The van der Waals surface area contributed by atoms with Gasteiger partial charge in [0, 0.05) is 17.5 Å². The van der Waals surface area contributed by atoms with Gasteiger partial charge in [0.2, 0.25) is 0 Å². The molecule has 0 bridgehead atoms. The van der Waals surface area contributed by atoms with Crippen molar-refractivity contribution in [2.24, 2.45) is 0 Å². The van der Waals surface area contributed by atoms with E-state index in [4.69, 9.17) is 0 Å². The molecule has 0 spiro atoms. The Balaban J connectivity index is 0. The van der Waals surface area contributed by atoms with Crippen LogP contribution < -0.4 is 0 Å². The molecule has 1 aromatic heterocycles. The van der Waals surface area contributed by atoms with Crippen LogP contribution in [0.3, 0.4) is 0 Å². The molecule has 1 rings (SSSR count). The maximum absolute atomic E-state index is 3.95. The molecule has 0 fully saturated rings. The summed E-state index contributed by atoms with van der Waals surface area (Å²) in [5.74, 6) is 0. The molecule has 0 unspecified atom stereocenters. The van der Waals surface area contributed by atoms with Gasteiger partial charge in [0.1, 0.15) is 0 Å². The number of H-pyrrole nitrogens is 1. The molecule has 0 aliphatic carbocycles. The third-order valence-electron chi connectivity index (χ3n) is 2.00. The van der Waals surface area contributed by atoms with E-state index in [0.29, 0.717) is 0 Å². The third-order valence-corrected chi connectivity index (χ3v) is 2.00. The van der Waals surface area contributed by atoms with E-state index < -0.39 is 0 Å². The normalized spacial score (nSPS) is 8.12. The van der Waals surface area contributed by atoms with Gasteiger partial charge < -0.3 is 4.98 Å².